The number of nitrogens with zero attached hydrogens (tertiary/aromatic N) is 4. The second kappa shape index (κ2) is 7.61. The number of nitrogens with one attached hydrogen (secondary N) is 1. The number of anilines is 1. The van der Waals surface area contributed by atoms with Crippen LogP contribution in [0.3, 0.4) is 0 Å². The molecule has 0 spiro atoms. The van der Waals surface area contributed by atoms with Gasteiger partial charge in [-0.2, -0.15) is 0 Å². The summed E-state index contributed by atoms with van der Waals surface area (Å²) >= 11 is 1.33. The molecule has 1 atom stereocenters. The van der Waals surface area contributed by atoms with Crippen LogP contribution >= 0.6 is 11.8 Å². The fourth-order valence-corrected chi connectivity index (χ4v) is 4.30. The van der Waals surface area contributed by atoms with E-state index in [4.69, 9.17) is 0 Å². The molecular formula is C17H23N5O3S2. The number of benzene rings is 1. The van der Waals surface area contributed by atoms with Gasteiger partial charge in [0, 0.05) is 32.7 Å². The standard InChI is InChI=1S/C17H23N5O3S2/c1-11(26-17-20-19-15(22(17)4)12-8-9-12)16(23)18-13-6-5-7-14(10-13)27(24,25)21(2)3/h5-7,10-12H,8-9H2,1-4H3,(H,18,23)/t11-/m0/s1. The molecule has 0 aliphatic heterocycles. The number of aromatic nitrogens is 3. The maximum absolute atomic E-state index is 12.5. The predicted octanol–water partition coefficient (Wildman–Crippen LogP) is 2.06. The van der Waals surface area contributed by atoms with E-state index < -0.39 is 15.3 Å². The zero-order valence-electron chi connectivity index (χ0n) is 15.7. The molecule has 1 aromatic carbocycles. The van der Waals surface area contributed by atoms with Crippen LogP contribution in [0.25, 0.3) is 0 Å². The van der Waals surface area contributed by atoms with Crippen LogP contribution < -0.4 is 5.32 Å². The third-order valence-electron chi connectivity index (χ3n) is 4.34. The Morgan fingerprint density at radius 1 is 1.33 bits per heavy atom. The highest BCUT2D eigenvalue weighted by atomic mass is 32.2. The highest BCUT2D eigenvalue weighted by molar-refractivity contribution is 8.00. The predicted molar refractivity (Wildman–Crippen MR) is 104 cm³/mol. The third-order valence-corrected chi connectivity index (χ3v) is 7.29. The number of amides is 1. The lowest BCUT2D eigenvalue weighted by molar-refractivity contribution is -0.115. The van der Waals surface area contributed by atoms with Gasteiger partial charge < -0.3 is 9.88 Å². The molecule has 1 aliphatic carbocycles. The molecule has 0 bridgehead atoms. The first kappa shape index (κ1) is 19.8. The smallest absolute Gasteiger partial charge is 0.242 e. The lowest BCUT2D eigenvalue weighted by Gasteiger charge is -2.14. The number of carbonyl (C=O) groups is 1. The quantitative estimate of drug-likeness (QED) is 0.703. The average Bonchev–Trinajstić information content (AvgIpc) is 3.40. The number of sulfonamides is 1. The Hall–Kier alpha value is -1.91. The molecule has 2 aromatic rings. The van der Waals surface area contributed by atoms with E-state index >= 15 is 0 Å². The zero-order chi connectivity index (χ0) is 19.8. The van der Waals surface area contributed by atoms with Gasteiger partial charge in [-0.05, 0) is 38.0 Å². The average molecular weight is 410 g/mol. The first-order valence-electron chi connectivity index (χ1n) is 8.59. The molecule has 27 heavy (non-hydrogen) atoms. The molecule has 0 radical (unpaired) electrons. The normalized spacial score (nSPS) is 15.7. The van der Waals surface area contributed by atoms with E-state index in [-0.39, 0.29) is 10.8 Å². The third kappa shape index (κ3) is 4.33. The number of rotatable bonds is 7. The van der Waals surface area contributed by atoms with Crippen LogP contribution in [0.4, 0.5) is 5.69 Å². The van der Waals surface area contributed by atoms with Crippen LogP contribution in [0, 0.1) is 0 Å². The van der Waals surface area contributed by atoms with E-state index in [1.165, 1.54) is 38.0 Å². The molecule has 1 fully saturated rings. The van der Waals surface area contributed by atoms with Crippen molar-refractivity contribution in [2.24, 2.45) is 7.05 Å². The maximum atomic E-state index is 12.5. The van der Waals surface area contributed by atoms with Gasteiger partial charge in [-0.15, -0.1) is 10.2 Å². The van der Waals surface area contributed by atoms with E-state index in [2.05, 4.69) is 15.5 Å². The highest BCUT2D eigenvalue weighted by Gasteiger charge is 2.30. The first-order valence-corrected chi connectivity index (χ1v) is 10.9. The summed E-state index contributed by atoms with van der Waals surface area (Å²) in [6.07, 6.45) is 2.28. The summed E-state index contributed by atoms with van der Waals surface area (Å²) in [5.74, 6) is 1.23. The lowest BCUT2D eigenvalue weighted by Crippen LogP contribution is -2.24. The second-order valence-electron chi connectivity index (χ2n) is 6.74. The lowest BCUT2D eigenvalue weighted by atomic mass is 10.3. The van der Waals surface area contributed by atoms with Crippen LogP contribution in [0.1, 0.15) is 31.5 Å². The van der Waals surface area contributed by atoms with E-state index in [0.29, 0.717) is 16.8 Å². The minimum atomic E-state index is -3.55. The molecule has 1 amide bonds. The van der Waals surface area contributed by atoms with Crippen molar-refractivity contribution < 1.29 is 13.2 Å². The van der Waals surface area contributed by atoms with Crippen LogP contribution in [0.15, 0.2) is 34.3 Å². The minimum absolute atomic E-state index is 0.132. The molecular weight excluding hydrogens is 386 g/mol. The maximum Gasteiger partial charge on any atom is 0.242 e. The summed E-state index contributed by atoms with van der Waals surface area (Å²) in [6.45, 7) is 1.78. The molecule has 0 unspecified atom stereocenters. The summed E-state index contributed by atoms with van der Waals surface area (Å²) in [6, 6.07) is 6.23. The second-order valence-corrected chi connectivity index (χ2v) is 10.2. The Kier molecular flexibility index (Phi) is 5.59. The van der Waals surface area contributed by atoms with Crippen molar-refractivity contribution in [3.8, 4) is 0 Å². The highest BCUT2D eigenvalue weighted by Crippen LogP contribution is 2.39. The van der Waals surface area contributed by atoms with Gasteiger partial charge in [0.2, 0.25) is 15.9 Å². The topological polar surface area (TPSA) is 97.2 Å². The molecule has 0 saturated heterocycles. The van der Waals surface area contributed by atoms with Gasteiger partial charge >= 0.3 is 0 Å². The molecule has 10 heteroatoms. The largest absolute Gasteiger partial charge is 0.325 e. The van der Waals surface area contributed by atoms with Crippen molar-refractivity contribution >= 4 is 33.4 Å². The monoisotopic (exact) mass is 409 g/mol. The van der Waals surface area contributed by atoms with Crippen LogP contribution in [-0.2, 0) is 21.9 Å². The van der Waals surface area contributed by atoms with E-state index in [9.17, 15) is 13.2 Å². The number of hydrogen-bond donors (Lipinski definition) is 1. The number of carbonyl (C=O) groups excluding carboxylic acids is 1. The van der Waals surface area contributed by atoms with Gasteiger partial charge in [0.25, 0.3) is 0 Å². The van der Waals surface area contributed by atoms with Crippen molar-refractivity contribution in [2.45, 2.75) is 41.0 Å². The van der Waals surface area contributed by atoms with Crippen LogP contribution in [0.5, 0.6) is 0 Å². The summed E-state index contributed by atoms with van der Waals surface area (Å²) in [5.41, 5.74) is 0.437. The summed E-state index contributed by atoms with van der Waals surface area (Å²) in [5, 5.41) is 11.5. The Labute approximate surface area is 163 Å². The Balaban J connectivity index is 1.68. The van der Waals surface area contributed by atoms with Gasteiger partial charge in [-0.3, -0.25) is 4.79 Å². The van der Waals surface area contributed by atoms with Crippen molar-refractivity contribution in [1.82, 2.24) is 19.1 Å². The molecule has 3 rings (SSSR count). The van der Waals surface area contributed by atoms with Crippen molar-refractivity contribution in [3.05, 3.63) is 30.1 Å². The molecule has 1 aliphatic rings. The summed E-state index contributed by atoms with van der Waals surface area (Å²) in [4.78, 5) is 12.7. The van der Waals surface area contributed by atoms with Gasteiger partial charge in [0.15, 0.2) is 5.16 Å². The molecule has 1 saturated carbocycles. The molecule has 8 nitrogen and oxygen atoms in total. The summed E-state index contributed by atoms with van der Waals surface area (Å²) < 4.78 is 27.5. The molecule has 1 N–H and O–H groups in total. The minimum Gasteiger partial charge on any atom is -0.325 e. The Morgan fingerprint density at radius 3 is 2.67 bits per heavy atom. The van der Waals surface area contributed by atoms with Gasteiger partial charge in [0.1, 0.15) is 5.82 Å². The van der Waals surface area contributed by atoms with E-state index in [1.807, 2.05) is 11.6 Å². The van der Waals surface area contributed by atoms with E-state index in [1.54, 1.807) is 19.1 Å². The molecule has 1 aromatic heterocycles. The molecule has 146 valence electrons. The Bertz CT molecular complexity index is 951. The van der Waals surface area contributed by atoms with Crippen molar-refractivity contribution in [1.29, 1.82) is 0 Å². The Morgan fingerprint density at radius 2 is 2.04 bits per heavy atom. The summed E-state index contributed by atoms with van der Waals surface area (Å²) in [7, 11) is 1.30. The van der Waals surface area contributed by atoms with Gasteiger partial charge in [-0.1, -0.05) is 17.8 Å². The van der Waals surface area contributed by atoms with E-state index in [0.717, 1.165) is 23.0 Å². The van der Waals surface area contributed by atoms with Gasteiger partial charge in [0.05, 0.1) is 10.1 Å². The number of thioether (sulfide) groups is 1. The zero-order valence-corrected chi connectivity index (χ0v) is 17.3. The first-order chi connectivity index (χ1) is 12.7. The number of hydrogen-bond acceptors (Lipinski definition) is 6. The molecule has 1 heterocycles. The van der Waals surface area contributed by atoms with Crippen LogP contribution in [0.2, 0.25) is 0 Å². The van der Waals surface area contributed by atoms with Crippen molar-refractivity contribution in [3.63, 3.8) is 0 Å². The fraction of sp³-hybridized carbons (Fsp3) is 0.471. The van der Waals surface area contributed by atoms with Crippen molar-refractivity contribution in [2.75, 3.05) is 19.4 Å². The van der Waals surface area contributed by atoms with Gasteiger partial charge in [-0.25, -0.2) is 12.7 Å². The SMILES string of the molecule is C[C@H](Sc1nnc(C2CC2)n1C)C(=O)Nc1cccc(S(=O)(=O)N(C)C)c1. The van der Waals surface area contributed by atoms with Crippen LogP contribution in [-0.4, -0.2) is 52.7 Å². The fourth-order valence-electron chi connectivity index (χ4n) is 2.53.